The fraction of sp³-hybridized carbons (Fsp3) is 0.261. The van der Waals surface area contributed by atoms with Crippen LogP contribution in [0.4, 0.5) is 0 Å². The van der Waals surface area contributed by atoms with Crippen LogP contribution in [0.1, 0.15) is 32.7 Å². The summed E-state index contributed by atoms with van der Waals surface area (Å²) in [6.45, 7) is 0. The lowest BCUT2D eigenvalue weighted by molar-refractivity contribution is -0.904. The van der Waals surface area contributed by atoms with Crippen molar-refractivity contribution in [3.05, 3.63) is 73.7 Å². The molecule has 2 heterocycles. The molecule has 1 unspecified atom stereocenters. The summed E-state index contributed by atoms with van der Waals surface area (Å²) in [5.41, 5.74) is 1.11. The van der Waals surface area contributed by atoms with E-state index in [1.54, 1.807) is 30.3 Å². The van der Waals surface area contributed by atoms with Crippen molar-refractivity contribution < 1.29 is 34.1 Å². The Bertz CT molecular complexity index is 1140. The van der Waals surface area contributed by atoms with E-state index in [1.165, 1.54) is 38.0 Å². The van der Waals surface area contributed by atoms with Gasteiger partial charge in [-0.2, -0.15) is 0 Å². The first-order chi connectivity index (χ1) is 15.8. The fourth-order valence-corrected chi connectivity index (χ4v) is 5.42. The molecule has 0 fully saturated rings. The summed E-state index contributed by atoms with van der Waals surface area (Å²) < 4.78 is 11.5. The maximum Gasteiger partial charge on any atom is 0.241 e. The third-order valence-corrected chi connectivity index (χ3v) is 7.10. The number of carbonyl (C=O) groups excluding carboxylic acids is 2. The molecule has 0 saturated heterocycles. The lowest BCUT2D eigenvalue weighted by atomic mass is 9.80. The van der Waals surface area contributed by atoms with Gasteiger partial charge in [0.2, 0.25) is 12.4 Å². The lowest BCUT2D eigenvalue weighted by Crippen LogP contribution is -2.34. The van der Waals surface area contributed by atoms with Gasteiger partial charge >= 0.3 is 0 Å². The number of aldehydes is 1. The Hall–Kier alpha value is -2.81. The molecule has 33 heavy (non-hydrogen) atoms. The normalized spacial score (nSPS) is 12.7. The first-order valence-corrected chi connectivity index (χ1v) is 11.4. The average molecular weight is 510 g/mol. The molecular formula is C23H21Cl2NO6S. The number of hydrogen-bond acceptors (Lipinski definition) is 7. The van der Waals surface area contributed by atoms with Crippen LogP contribution in [0.25, 0.3) is 0 Å². The summed E-state index contributed by atoms with van der Waals surface area (Å²) >= 11 is 13.9. The van der Waals surface area contributed by atoms with E-state index in [2.05, 4.69) is 0 Å². The monoisotopic (exact) mass is 509 g/mol. The van der Waals surface area contributed by atoms with Gasteiger partial charge in [0.15, 0.2) is 11.5 Å². The molecule has 2 aromatic heterocycles. The second-order valence-corrected chi connectivity index (χ2v) is 9.22. The molecule has 1 N–H and O–H groups in total. The zero-order chi connectivity index (χ0) is 24.1. The zero-order valence-electron chi connectivity index (χ0n) is 17.8. The minimum absolute atomic E-state index is 0.132. The van der Waals surface area contributed by atoms with Gasteiger partial charge in [-0.15, -0.1) is 11.3 Å². The van der Waals surface area contributed by atoms with E-state index in [0.717, 1.165) is 15.9 Å². The van der Waals surface area contributed by atoms with Gasteiger partial charge in [-0.1, -0.05) is 29.3 Å². The number of ether oxygens (including phenoxy) is 2. The number of methoxy groups -OCH3 is 2. The van der Waals surface area contributed by atoms with Crippen LogP contribution in [0.5, 0.6) is 11.5 Å². The fourth-order valence-electron chi connectivity index (χ4n) is 3.70. The smallest absolute Gasteiger partial charge is 0.241 e. The molecule has 3 rings (SSSR count). The van der Waals surface area contributed by atoms with Crippen molar-refractivity contribution in [1.82, 2.24) is 0 Å². The standard InChI is InChI=1S/C23H21Cl2NO6S/c1-31-19-5-3-13(9-20(19)32-2)15(10-16-17(24)11-26(30)12-18(16)25)22(23(28)29)21-6-4-14(33-21)7-8-27/h3-6,8-9,11-12,15,22H,7,10H2,1-2H3,(H-,28,29,30)/t15-,22?/m1/s1. The van der Waals surface area contributed by atoms with Crippen molar-refractivity contribution in [2.24, 2.45) is 0 Å². The largest absolute Gasteiger partial charge is 0.549 e. The second-order valence-electron chi connectivity index (χ2n) is 7.21. The number of pyridine rings is 1. The molecule has 2 atom stereocenters. The first-order valence-electron chi connectivity index (χ1n) is 9.82. The maximum atomic E-state index is 12.4. The average Bonchev–Trinajstić information content (AvgIpc) is 3.22. The van der Waals surface area contributed by atoms with Crippen LogP contribution < -0.4 is 19.3 Å². The SMILES string of the molecule is COc1ccc([C@@H](Cc2c(Cl)c[n+](O)cc2Cl)C(C(=O)[O-])c2ccc(CC=O)s2)cc1OC. The number of halogens is 2. The summed E-state index contributed by atoms with van der Waals surface area (Å²) in [5, 5.41) is 22.5. The highest BCUT2D eigenvalue weighted by atomic mass is 35.5. The van der Waals surface area contributed by atoms with Crippen molar-refractivity contribution in [3.8, 4) is 11.5 Å². The van der Waals surface area contributed by atoms with Crippen LogP contribution in [0.15, 0.2) is 42.7 Å². The van der Waals surface area contributed by atoms with Crippen LogP contribution in [-0.4, -0.2) is 31.7 Å². The molecule has 0 radical (unpaired) electrons. The highest BCUT2D eigenvalue weighted by Gasteiger charge is 2.31. The predicted molar refractivity (Wildman–Crippen MR) is 122 cm³/mol. The zero-order valence-corrected chi connectivity index (χ0v) is 20.1. The molecule has 10 heteroatoms. The highest BCUT2D eigenvalue weighted by Crippen LogP contribution is 2.42. The van der Waals surface area contributed by atoms with Crippen LogP contribution >= 0.6 is 34.5 Å². The number of rotatable bonds is 10. The molecule has 0 aliphatic carbocycles. The van der Waals surface area contributed by atoms with Gasteiger partial charge in [-0.3, -0.25) is 5.21 Å². The summed E-state index contributed by atoms with van der Waals surface area (Å²) in [6, 6.07) is 8.56. The topological polar surface area (TPSA) is 99.8 Å². The number of carbonyl (C=O) groups is 2. The quantitative estimate of drug-likeness (QED) is 0.256. The first kappa shape index (κ1) is 24.8. The van der Waals surface area contributed by atoms with Crippen LogP contribution in [0, 0.1) is 0 Å². The van der Waals surface area contributed by atoms with Crippen molar-refractivity contribution in [2.75, 3.05) is 14.2 Å². The van der Waals surface area contributed by atoms with E-state index in [1.807, 2.05) is 0 Å². The van der Waals surface area contributed by atoms with Crippen molar-refractivity contribution in [2.45, 2.75) is 24.7 Å². The van der Waals surface area contributed by atoms with Crippen molar-refractivity contribution >= 4 is 46.8 Å². The van der Waals surface area contributed by atoms with Gasteiger partial charge in [0.05, 0.1) is 20.2 Å². The molecule has 3 aromatic rings. The number of nitrogens with zero attached hydrogens (tertiary/aromatic N) is 1. The molecule has 0 saturated carbocycles. The molecule has 0 amide bonds. The minimum Gasteiger partial charge on any atom is -0.549 e. The number of aliphatic carboxylic acids is 1. The number of thiophene rings is 1. The number of carboxylic acids is 1. The summed E-state index contributed by atoms with van der Waals surface area (Å²) in [4.78, 5) is 24.6. The third kappa shape index (κ3) is 5.58. The molecular weight excluding hydrogens is 489 g/mol. The number of benzene rings is 1. The summed E-state index contributed by atoms with van der Waals surface area (Å²) in [5.74, 6) is -2.09. The van der Waals surface area contributed by atoms with Crippen LogP contribution in [0.2, 0.25) is 10.0 Å². The van der Waals surface area contributed by atoms with E-state index < -0.39 is 17.8 Å². The van der Waals surface area contributed by atoms with Gasteiger partial charge in [-0.25, -0.2) is 0 Å². The van der Waals surface area contributed by atoms with Gasteiger partial charge in [-0.05, 0) is 36.2 Å². The lowest BCUT2D eigenvalue weighted by Gasteiger charge is -2.29. The van der Waals surface area contributed by atoms with E-state index in [0.29, 0.717) is 27.5 Å². The molecule has 0 aliphatic rings. The Morgan fingerprint density at radius 2 is 1.82 bits per heavy atom. The van der Waals surface area contributed by atoms with E-state index in [-0.39, 0.29) is 22.9 Å². The number of carboxylic acid groups (broad SMARTS) is 1. The van der Waals surface area contributed by atoms with Crippen molar-refractivity contribution in [3.63, 3.8) is 0 Å². The van der Waals surface area contributed by atoms with Crippen LogP contribution in [0.3, 0.4) is 0 Å². The Kier molecular flexibility index (Phi) is 8.18. The summed E-state index contributed by atoms with van der Waals surface area (Å²) in [7, 11) is 3.00. The third-order valence-electron chi connectivity index (χ3n) is 5.26. The minimum atomic E-state index is -1.28. The number of aromatic nitrogens is 1. The van der Waals surface area contributed by atoms with Crippen molar-refractivity contribution in [1.29, 1.82) is 0 Å². The molecule has 0 spiro atoms. The van der Waals surface area contributed by atoms with Gasteiger partial charge < -0.3 is 24.2 Å². The van der Waals surface area contributed by atoms with E-state index >= 15 is 0 Å². The molecule has 0 bridgehead atoms. The molecule has 1 aromatic carbocycles. The maximum absolute atomic E-state index is 12.4. The molecule has 174 valence electrons. The highest BCUT2D eigenvalue weighted by molar-refractivity contribution is 7.12. The number of hydrogen-bond donors (Lipinski definition) is 1. The van der Waals surface area contributed by atoms with Gasteiger partial charge in [0.1, 0.15) is 16.3 Å². The summed E-state index contributed by atoms with van der Waals surface area (Å²) in [6.07, 6.45) is 3.64. The Morgan fingerprint density at radius 3 is 2.39 bits per heavy atom. The van der Waals surface area contributed by atoms with Crippen LogP contribution in [-0.2, 0) is 22.4 Å². The Balaban J connectivity index is 2.16. The van der Waals surface area contributed by atoms with E-state index in [4.69, 9.17) is 32.7 Å². The molecule has 7 nitrogen and oxygen atoms in total. The second kappa shape index (κ2) is 10.9. The van der Waals surface area contributed by atoms with E-state index in [9.17, 15) is 19.9 Å². The predicted octanol–water partition coefficient (Wildman–Crippen LogP) is 3.20. The molecule has 0 aliphatic heterocycles. The Morgan fingerprint density at radius 1 is 1.15 bits per heavy atom. The van der Waals surface area contributed by atoms with Gasteiger partial charge in [0.25, 0.3) is 0 Å². The Labute approximate surface area is 204 Å². The van der Waals surface area contributed by atoms with Gasteiger partial charge in [0, 0.05) is 38.3 Å².